The molecule has 0 amide bonds. The molecule has 0 saturated heterocycles. The summed E-state index contributed by atoms with van der Waals surface area (Å²) in [5, 5.41) is 16.3. The first-order chi connectivity index (χ1) is 10.1. The maximum absolute atomic E-state index is 6.37. The van der Waals surface area contributed by atoms with Crippen LogP contribution in [-0.4, -0.2) is 30.9 Å². The minimum Gasteiger partial charge on any atom is -0.253 e. The Balaban J connectivity index is 2.31. The van der Waals surface area contributed by atoms with Gasteiger partial charge in [0.2, 0.25) is 4.77 Å². The van der Waals surface area contributed by atoms with Crippen LogP contribution in [0.1, 0.15) is 43.8 Å². The lowest BCUT2D eigenvalue weighted by atomic mass is 10.3. The van der Waals surface area contributed by atoms with E-state index in [2.05, 4.69) is 27.3 Å². The Morgan fingerprint density at radius 1 is 1.43 bits per heavy atom. The molecule has 0 aliphatic heterocycles. The van der Waals surface area contributed by atoms with Crippen LogP contribution in [0.25, 0.3) is 0 Å². The van der Waals surface area contributed by atoms with Gasteiger partial charge in [0.15, 0.2) is 5.82 Å². The van der Waals surface area contributed by atoms with E-state index in [1.165, 1.54) is 0 Å². The molecule has 21 heavy (non-hydrogen) atoms. The molecule has 2 rings (SSSR count). The Kier molecular flexibility index (Phi) is 5.30. The topological polar surface area (TPSA) is 63.8 Å². The molecule has 2 aromatic rings. The number of aromatic nitrogens is 5. The van der Waals surface area contributed by atoms with E-state index in [9.17, 15) is 0 Å². The average Bonchev–Trinajstić information content (AvgIpc) is 2.95. The lowest BCUT2D eigenvalue weighted by Crippen LogP contribution is -2.00. The Bertz CT molecular complexity index is 696. The molecule has 0 aliphatic carbocycles. The number of aromatic amines is 1. The highest BCUT2D eigenvalue weighted by Crippen LogP contribution is 2.18. The van der Waals surface area contributed by atoms with E-state index in [1.807, 2.05) is 18.5 Å². The van der Waals surface area contributed by atoms with Crippen molar-refractivity contribution in [3.63, 3.8) is 0 Å². The van der Waals surface area contributed by atoms with Crippen LogP contribution < -0.4 is 0 Å². The number of hydrogen-bond acceptors (Lipinski definition) is 4. The SMILES string of the molecule is CCCCn1nc(C)c(/C=N/n2c(CC)n[nH]c2=S)c1Cl. The lowest BCUT2D eigenvalue weighted by Gasteiger charge is -2.00. The normalized spacial score (nSPS) is 11.6. The largest absolute Gasteiger partial charge is 0.253 e. The average molecular weight is 327 g/mol. The highest BCUT2D eigenvalue weighted by molar-refractivity contribution is 7.71. The molecule has 1 N–H and O–H groups in total. The van der Waals surface area contributed by atoms with Gasteiger partial charge in [-0.05, 0) is 25.6 Å². The zero-order valence-electron chi connectivity index (χ0n) is 12.4. The highest BCUT2D eigenvalue weighted by atomic mass is 35.5. The van der Waals surface area contributed by atoms with Crippen molar-refractivity contribution in [2.75, 3.05) is 0 Å². The van der Waals surface area contributed by atoms with Gasteiger partial charge < -0.3 is 0 Å². The van der Waals surface area contributed by atoms with Crippen LogP contribution in [0.15, 0.2) is 5.10 Å². The van der Waals surface area contributed by atoms with Gasteiger partial charge in [0.1, 0.15) is 5.15 Å². The summed E-state index contributed by atoms with van der Waals surface area (Å²) in [5.74, 6) is 0.781. The van der Waals surface area contributed by atoms with E-state index < -0.39 is 0 Å². The molecule has 0 fully saturated rings. The summed E-state index contributed by atoms with van der Waals surface area (Å²) in [4.78, 5) is 0. The number of rotatable bonds is 6. The van der Waals surface area contributed by atoms with E-state index >= 15 is 0 Å². The second-order valence-electron chi connectivity index (χ2n) is 4.72. The van der Waals surface area contributed by atoms with Gasteiger partial charge in [-0.25, -0.2) is 0 Å². The predicted octanol–water partition coefficient (Wildman–Crippen LogP) is 3.34. The van der Waals surface area contributed by atoms with E-state index in [0.717, 1.165) is 42.9 Å². The number of hydrogen-bond donors (Lipinski definition) is 1. The van der Waals surface area contributed by atoms with Crippen molar-refractivity contribution in [3.05, 3.63) is 27.0 Å². The monoisotopic (exact) mass is 326 g/mol. The van der Waals surface area contributed by atoms with E-state index in [1.54, 1.807) is 10.9 Å². The molecule has 0 aromatic carbocycles. The van der Waals surface area contributed by atoms with Crippen LogP contribution in [0.5, 0.6) is 0 Å². The molecule has 0 aliphatic rings. The summed E-state index contributed by atoms with van der Waals surface area (Å²) >= 11 is 11.5. The maximum atomic E-state index is 6.37. The quantitative estimate of drug-likeness (QED) is 0.654. The molecular formula is C13H19ClN6S. The zero-order valence-corrected chi connectivity index (χ0v) is 14.0. The van der Waals surface area contributed by atoms with Crippen LogP contribution in [0.4, 0.5) is 0 Å². The van der Waals surface area contributed by atoms with Crippen molar-refractivity contribution < 1.29 is 0 Å². The molecule has 0 saturated carbocycles. The van der Waals surface area contributed by atoms with Crippen LogP contribution in [0.3, 0.4) is 0 Å². The maximum Gasteiger partial charge on any atom is 0.216 e. The lowest BCUT2D eigenvalue weighted by molar-refractivity contribution is 0.569. The molecule has 8 heteroatoms. The molecule has 114 valence electrons. The van der Waals surface area contributed by atoms with Crippen molar-refractivity contribution in [2.45, 2.75) is 46.6 Å². The molecule has 2 aromatic heterocycles. The van der Waals surface area contributed by atoms with Crippen molar-refractivity contribution in [1.29, 1.82) is 0 Å². The van der Waals surface area contributed by atoms with E-state index in [-0.39, 0.29) is 0 Å². The number of aryl methyl sites for hydroxylation is 3. The van der Waals surface area contributed by atoms with Gasteiger partial charge in [0.05, 0.1) is 17.5 Å². The number of H-pyrrole nitrogens is 1. The first-order valence-corrected chi connectivity index (χ1v) is 7.80. The molecule has 0 bridgehead atoms. The van der Waals surface area contributed by atoms with Gasteiger partial charge in [0, 0.05) is 13.0 Å². The first-order valence-electron chi connectivity index (χ1n) is 7.02. The third kappa shape index (κ3) is 3.41. The molecular weight excluding hydrogens is 308 g/mol. The fourth-order valence-corrected chi connectivity index (χ4v) is 2.46. The summed E-state index contributed by atoms with van der Waals surface area (Å²) in [6.07, 6.45) is 4.58. The number of halogens is 1. The molecule has 6 nitrogen and oxygen atoms in total. The van der Waals surface area contributed by atoms with Crippen molar-refractivity contribution in [3.8, 4) is 0 Å². The van der Waals surface area contributed by atoms with Gasteiger partial charge in [-0.15, -0.1) is 0 Å². The minimum absolute atomic E-state index is 0.468. The first kappa shape index (κ1) is 15.9. The number of unbranched alkanes of at least 4 members (excludes halogenated alkanes) is 1. The third-order valence-corrected chi connectivity index (χ3v) is 3.83. The van der Waals surface area contributed by atoms with Gasteiger partial charge in [-0.3, -0.25) is 9.78 Å². The molecule has 0 atom stereocenters. The van der Waals surface area contributed by atoms with Gasteiger partial charge in [-0.2, -0.15) is 20.0 Å². The van der Waals surface area contributed by atoms with E-state index in [4.69, 9.17) is 23.8 Å². The third-order valence-electron chi connectivity index (χ3n) is 3.17. The summed E-state index contributed by atoms with van der Waals surface area (Å²) in [5.41, 5.74) is 1.67. The molecule has 2 heterocycles. The van der Waals surface area contributed by atoms with Crippen molar-refractivity contribution >= 4 is 30.0 Å². The fraction of sp³-hybridized carbons (Fsp3) is 0.538. The predicted molar refractivity (Wildman–Crippen MR) is 86.7 cm³/mol. The Hall–Kier alpha value is -1.47. The Morgan fingerprint density at radius 2 is 2.19 bits per heavy atom. The summed E-state index contributed by atoms with van der Waals surface area (Å²) in [6.45, 7) is 6.87. The Morgan fingerprint density at radius 3 is 2.86 bits per heavy atom. The number of nitrogens with zero attached hydrogens (tertiary/aromatic N) is 5. The van der Waals surface area contributed by atoms with Crippen LogP contribution in [0.2, 0.25) is 5.15 Å². The molecule has 0 radical (unpaired) electrons. The van der Waals surface area contributed by atoms with Crippen molar-refractivity contribution in [2.24, 2.45) is 5.10 Å². The van der Waals surface area contributed by atoms with E-state index in [0.29, 0.717) is 9.92 Å². The highest BCUT2D eigenvalue weighted by Gasteiger charge is 2.11. The number of nitrogens with one attached hydrogen (secondary N) is 1. The molecule has 0 unspecified atom stereocenters. The fourth-order valence-electron chi connectivity index (χ4n) is 1.96. The standard InChI is InChI=1S/C13H19ClN6S/c1-4-6-7-19-12(14)10(9(3)18-19)8-15-20-11(5-2)16-17-13(20)21/h8H,4-7H2,1-3H3,(H,17,21)/b15-8+. The van der Waals surface area contributed by atoms with Gasteiger partial charge >= 0.3 is 0 Å². The second kappa shape index (κ2) is 7.00. The van der Waals surface area contributed by atoms with Gasteiger partial charge in [0.25, 0.3) is 0 Å². The van der Waals surface area contributed by atoms with Crippen LogP contribution in [-0.2, 0) is 13.0 Å². The zero-order chi connectivity index (χ0) is 15.4. The smallest absolute Gasteiger partial charge is 0.216 e. The summed E-state index contributed by atoms with van der Waals surface area (Å²) < 4.78 is 3.89. The van der Waals surface area contributed by atoms with Crippen LogP contribution >= 0.6 is 23.8 Å². The Labute approximate surface area is 133 Å². The van der Waals surface area contributed by atoms with Crippen molar-refractivity contribution in [1.82, 2.24) is 24.7 Å². The van der Waals surface area contributed by atoms with Crippen LogP contribution in [0, 0.1) is 11.7 Å². The summed E-state index contributed by atoms with van der Waals surface area (Å²) in [7, 11) is 0. The minimum atomic E-state index is 0.468. The van der Waals surface area contributed by atoms with Gasteiger partial charge in [-0.1, -0.05) is 31.9 Å². The second-order valence-corrected chi connectivity index (χ2v) is 5.47. The molecule has 0 spiro atoms. The summed E-state index contributed by atoms with van der Waals surface area (Å²) in [6, 6.07) is 0.